The molecule has 0 N–H and O–H groups in total. The average molecular weight is 332 g/mol. The van der Waals surface area contributed by atoms with Crippen molar-refractivity contribution in [1.82, 2.24) is 9.36 Å². The van der Waals surface area contributed by atoms with Crippen LogP contribution in [0.25, 0.3) is 0 Å². The maximum Gasteiger partial charge on any atom is 0.205 e. The zero-order chi connectivity index (χ0) is 15.7. The number of aromatic nitrogens is 2. The van der Waals surface area contributed by atoms with Crippen LogP contribution in [0.4, 0.5) is 5.13 Å². The summed E-state index contributed by atoms with van der Waals surface area (Å²) in [5.74, 6) is 1.62. The lowest BCUT2D eigenvalue weighted by Crippen LogP contribution is -2.55. The van der Waals surface area contributed by atoms with E-state index < -0.39 is 14.6 Å². The van der Waals surface area contributed by atoms with Gasteiger partial charge in [0.2, 0.25) is 5.13 Å². The summed E-state index contributed by atoms with van der Waals surface area (Å²) < 4.78 is 28.6. The van der Waals surface area contributed by atoms with Gasteiger partial charge in [0.15, 0.2) is 9.84 Å². The van der Waals surface area contributed by atoms with Crippen LogP contribution in [0.2, 0.25) is 0 Å². The Morgan fingerprint density at radius 3 is 2.57 bits per heavy atom. The third-order valence-electron chi connectivity index (χ3n) is 4.38. The molecular formula is C14H25N3O2S2. The van der Waals surface area contributed by atoms with Crippen molar-refractivity contribution in [2.45, 2.75) is 51.7 Å². The summed E-state index contributed by atoms with van der Waals surface area (Å²) in [6, 6.07) is 0. The minimum atomic E-state index is -3.02. The van der Waals surface area contributed by atoms with Gasteiger partial charge >= 0.3 is 0 Å². The van der Waals surface area contributed by atoms with Gasteiger partial charge in [-0.1, -0.05) is 27.7 Å². The van der Waals surface area contributed by atoms with Crippen LogP contribution in [0.1, 0.15) is 46.4 Å². The Labute approximate surface area is 131 Å². The van der Waals surface area contributed by atoms with Gasteiger partial charge < -0.3 is 4.90 Å². The average Bonchev–Trinajstić information content (AvgIpc) is 2.86. The summed E-state index contributed by atoms with van der Waals surface area (Å²) in [6.07, 6.45) is 2.18. The van der Waals surface area contributed by atoms with E-state index in [9.17, 15) is 8.42 Å². The van der Waals surface area contributed by atoms with Gasteiger partial charge in [-0.05, 0) is 18.8 Å². The van der Waals surface area contributed by atoms with Gasteiger partial charge in [0.25, 0.3) is 0 Å². The number of anilines is 1. The highest BCUT2D eigenvalue weighted by Gasteiger charge is 2.45. The molecule has 2 rings (SSSR count). The van der Waals surface area contributed by atoms with Crippen molar-refractivity contribution >= 4 is 26.5 Å². The lowest BCUT2D eigenvalue weighted by molar-refractivity contribution is 0.458. The fraction of sp³-hybridized carbons (Fsp3) is 0.857. The van der Waals surface area contributed by atoms with Gasteiger partial charge in [-0.3, -0.25) is 0 Å². The van der Waals surface area contributed by atoms with Crippen molar-refractivity contribution in [2.24, 2.45) is 5.92 Å². The molecule has 0 aliphatic carbocycles. The first kappa shape index (κ1) is 16.7. The summed E-state index contributed by atoms with van der Waals surface area (Å²) >= 11 is 1.39. The standard InChI is InChI=1S/C14H25N3O2S2/c1-5-14(6-2)10-17(7-8-21(14,18)19)13-15-12(16-20-13)9-11(3)4/h11H,5-10H2,1-4H3. The van der Waals surface area contributed by atoms with Crippen molar-refractivity contribution in [3.63, 3.8) is 0 Å². The Morgan fingerprint density at radius 1 is 1.33 bits per heavy atom. The molecule has 7 heteroatoms. The Hall–Kier alpha value is -0.690. The van der Waals surface area contributed by atoms with E-state index in [1.165, 1.54) is 11.5 Å². The molecule has 0 amide bonds. The van der Waals surface area contributed by atoms with E-state index in [0.29, 0.717) is 31.8 Å². The zero-order valence-electron chi connectivity index (χ0n) is 13.3. The second kappa shape index (κ2) is 6.20. The molecule has 2 heterocycles. The first-order valence-electron chi connectivity index (χ1n) is 7.63. The second-order valence-electron chi connectivity index (χ2n) is 6.22. The van der Waals surface area contributed by atoms with Gasteiger partial charge in [0.1, 0.15) is 5.82 Å². The molecule has 0 unspecified atom stereocenters. The summed E-state index contributed by atoms with van der Waals surface area (Å²) in [6.45, 7) is 9.30. The van der Waals surface area contributed by atoms with E-state index in [2.05, 4.69) is 28.1 Å². The van der Waals surface area contributed by atoms with E-state index in [-0.39, 0.29) is 5.75 Å². The van der Waals surface area contributed by atoms with Gasteiger partial charge in [-0.2, -0.15) is 4.37 Å². The Balaban J connectivity index is 2.21. The number of sulfone groups is 1. The van der Waals surface area contributed by atoms with Gasteiger partial charge in [-0.15, -0.1) is 0 Å². The van der Waals surface area contributed by atoms with Crippen LogP contribution in [0.15, 0.2) is 0 Å². The Kier molecular flexibility index (Phi) is 4.92. The first-order chi connectivity index (χ1) is 9.83. The third kappa shape index (κ3) is 3.23. The lowest BCUT2D eigenvalue weighted by Gasteiger charge is -2.41. The van der Waals surface area contributed by atoms with Crippen LogP contribution in [0.5, 0.6) is 0 Å². The molecule has 0 saturated carbocycles. The minimum absolute atomic E-state index is 0.216. The molecule has 1 aliphatic rings. The predicted molar refractivity (Wildman–Crippen MR) is 87.8 cm³/mol. The SMILES string of the molecule is CCC1(CC)CN(c2nc(CC(C)C)ns2)CCS1(=O)=O. The van der Waals surface area contributed by atoms with Crippen LogP contribution in [-0.4, -0.2) is 41.4 Å². The molecule has 0 aromatic carbocycles. The predicted octanol–water partition coefficient (Wildman–Crippen LogP) is 2.53. The summed E-state index contributed by atoms with van der Waals surface area (Å²) in [4.78, 5) is 6.70. The lowest BCUT2D eigenvalue weighted by atomic mass is 10.0. The highest BCUT2D eigenvalue weighted by molar-refractivity contribution is 7.92. The van der Waals surface area contributed by atoms with Gasteiger partial charge in [0, 0.05) is 31.0 Å². The van der Waals surface area contributed by atoms with E-state index in [1.54, 1.807) is 0 Å². The molecule has 5 nitrogen and oxygen atoms in total. The normalized spacial score (nSPS) is 20.9. The molecule has 120 valence electrons. The topological polar surface area (TPSA) is 63.2 Å². The largest absolute Gasteiger partial charge is 0.344 e. The molecule has 0 spiro atoms. The van der Waals surface area contributed by atoms with Crippen LogP contribution in [0, 0.1) is 5.92 Å². The smallest absolute Gasteiger partial charge is 0.205 e. The van der Waals surface area contributed by atoms with Crippen LogP contribution in [0.3, 0.4) is 0 Å². The van der Waals surface area contributed by atoms with Crippen molar-refractivity contribution in [2.75, 3.05) is 23.7 Å². The third-order valence-corrected chi connectivity index (χ3v) is 7.94. The number of nitrogens with zero attached hydrogens (tertiary/aromatic N) is 3. The highest BCUT2D eigenvalue weighted by Crippen LogP contribution is 2.34. The molecule has 1 aromatic rings. The molecule has 1 aromatic heterocycles. The van der Waals surface area contributed by atoms with Gasteiger partial charge in [0.05, 0.1) is 10.5 Å². The van der Waals surface area contributed by atoms with Crippen LogP contribution < -0.4 is 4.90 Å². The second-order valence-corrected chi connectivity index (χ2v) is 9.46. The van der Waals surface area contributed by atoms with Crippen LogP contribution in [-0.2, 0) is 16.3 Å². The highest BCUT2D eigenvalue weighted by atomic mass is 32.2. The Morgan fingerprint density at radius 2 is 2.00 bits per heavy atom. The van der Waals surface area contributed by atoms with Crippen molar-refractivity contribution in [3.8, 4) is 0 Å². The van der Waals surface area contributed by atoms with E-state index >= 15 is 0 Å². The zero-order valence-corrected chi connectivity index (χ0v) is 14.9. The number of hydrogen-bond acceptors (Lipinski definition) is 6. The Bertz CT molecular complexity index is 577. The molecule has 0 bridgehead atoms. The molecular weight excluding hydrogens is 306 g/mol. The van der Waals surface area contributed by atoms with Crippen molar-refractivity contribution in [3.05, 3.63) is 5.82 Å². The summed E-state index contributed by atoms with van der Waals surface area (Å²) in [5, 5.41) is 0.867. The maximum atomic E-state index is 12.4. The maximum absolute atomic E-state index is 12.4. The molecule has 1 fully saturated rings. The molecule has 0 atom stereocenters. The fourth-order valence-electron chi connectivity index (χ4n) is 2.87. The first-order valence-corrected chi connectivity index (χ1v) is 10.1. The van der Waals surface area contributed by atoms with Crippen molar-refractivity contribution in [1.29, 1.82) is 0 Å². The van der Waals surface area contributed by atoms with E-state index in [0.717, 1.165) is 17.4 Å². The summed E-state index contributed by atoms with van der Waals surface area (Å²) in [7, 11) is -3.02. The van der Waals surface area contributed by atoms with Gasteiger partial charge in [-0.25, -0.2) is 13.4 Å². The van der Waals surface area contributed by atoms with Crippen LogP contribution >= 0.6 is 11.5 Å². The molecule has 1 saturated heterocycles. The monoisotopic (exact) mass is 331 g/mol. The summed E-state index contributed by atoms with van der Waals surface area (Å²) in [5.41, 5.74) is 0. The molecule has 21 heavy (non-hydrogen) atoms. The number of hydrogen-bond donors (Lipinski definition) is 0. The minimum Gasteiger partial charge on any atom is -0.344 e. The van der Waals surface area contributed by atoms with Crippen molar-refractivity contribution < 1.29 is 8.42 Å². The quantitative estimate of drug-likeness (QED) is 0.829. The molecule has 1 aliphatic heterocycles. The fourth-order valence-corrected chi connectivity index (χ4v) is 5.72. The number of rotatable bonds is 5. The van der Waals surface area contributed by atoms with E-state index in [4.69, 9.17) is 0 Å². The van der Waals surface area contributed by atoms with E-state index in [1.807, 2.05) is 13.8 Å². The molecule has 0 radical (unpaired) electrons.